The summed E-state index contributed by atoms with van der Waals surface area (Å²) in [6, 6.07) is 15.4. The van der Waals surface area contributed by atoms with E-state index in [1.165, 1.54) is 22.9 Å². The zero-order valence-electron chi connectivity index (χ0n) is 14.7. The first kappa shape index (κ1) is 18.9. The number of aryl methyl sites for hydroxylation is 1. The van der Waals surface area contributed by atoms with Crippen molar-refractivity contribution in [1.82, 2.24) is 10.9 Å². The predicted molar refractivity (Wildman–Crippen MR) is 104 cm³/mol. The molecule has 2 N–H and O–H groups in total. The average molecular weight is 357 g/mol. The Balaban J connectivity index is 1.74. The van der Waals surface area contributed by atoms with Crippen LogP contribution < -0.4 is 15.8 Å². The molecule has 2 aromatic carbocycles. The summed E-state index contributed by atoms with van der Waals surface area (Å²) in [5.74, 6) is 0.480. The highest BCUT2D eigenvalue weighted by atomic mass is 32.2. The maximum Gasteiger partial charge on any atom is 0.269 e. The average Bonchev–Trinajstić information content (AvgIpc) is 2.61. The second kappa shape index (κ2) is 9.13. The van der Waals surface area contributed by atoms with E-state index in [1.807, 2.05) is 38.1 Å². The van der Waals surface area contributed by atoms with Gasteiger partial charge < -0.3 is 4.90 Å². The van der Waals surface area contributed by atoms with E-state index in [4.69, 9.17) is 0 Å². The summed E-state index contributed by atoms with van der Waals surface area (Å²) in [7, 11) is 3.81. The number of amides is 2. The van der Waals surface area contributed by atoms with Crippen LogP contribution in [-0.4, -0.2) is 31.7 Å². The van der Waals surface area contributed by atoms with Gasteiger partial charge in [-0.25, -0.2) is 0 Å². The van der Waals surface area contributed by atoms with E-state index in [9.17, 15) is 9.59 Å². The summed E-state index contributed by atoms with van der Waals surface area (Å²) in [5.41, 5.74) is 8.71. The monoisotopic (exact) mass is 357 g/mol. The lowest BCUT2D eigenvalue weighted by Gasteiger charge is -2.13. The molecule has 0 spiro atoms. The molecule has 132 valence electrons. The van der Waals surface area contributed by atoms with Gasteiger partial charge >= 0.3 is 0 Å². The fraction of sp³-hybridized carbons (Fsp3) is 0.263. The van der Waals surface area contributed by atoms with Crippen molar-refractivity contribution in [3.8, 4) is 0 Å². The molecule has 2 rings (SSSR count). The Kier molecular flexibility index (Phi) is 6.89. The maximum absolute atomic E-state index is 12.1. The number of carbonyl (C=O) groups excluding carboxylic acids is 2. The molecule has 0 radical (unpaired) electrons. The second-order valence-electron chi connectivity index (χ2n) is 5.93. The highest BCUT2D eigenvalue weighted by Crippen LogP contribution is 2.14. The van der Waals surface area contributed by atoms with Crippen LogP contribution in [0.5, 0.6) is 0 Å². The zero-order chi connectivity index (χ0) is 18.2. The minimum Gasteiger partial charge on any atom is -0.378 e. The van der Waals surface area contributed by atoms with Crippen LogP contribution in [-0.2, 0) is 10.5 Å². The summed E-state index contributed by atoms with van der Waals surface area (Å²) >= 11 is 1.50. The summed E-state index contributed by atoms with van der Waals surface area (Å²) < 4.78 is 0. The Hall–Kier alpha value is -2.47. The minimum atomic E-state index is -0.333. The number of rotatable bonds is 6. The number of hydrogen-bond donors (Lipinski definition) is 2. The van der Waals surface area contributed by atoms with E-state index in [1.54, 1.807) is 12.1 Å². The second-order valence-corrected chi connectivity index (χ2v) is 6.91. The van der Waals surface area contributed by atoms with Crippen LogP contribution in [0.4, 0.5) is 5.69 Å². The Labute approximate surface area is 152 Å². The van der Waals surface area contributed by atoms with Gasteiger partial charge in [-0.3, -0.25) is 20.4 Å². The van der Waals surface area contributed by atoms with Crippen molar-refractivity contribution in [2.24, 2.45) is 0 Å². The van der Waals surface area contributed by atoms with Gasteiger partial charge in [-0.15, -0.1) is 11.8 Å². The molecule has 0 unspecified atom stereocenters. The fourth-order valence-corrected chi connectivity index (χ4v) is 2.89. The zero-order valence-corrected chi connectivity index (χ0v) is 15.5. The van der Waals surface area contributed by atoms with E-state index in [0.717, 1.165) is 11.4 Å². The van der Waals surface area contributed by atoms with Gasteiger partial charge in [0, 0.05) is 31.1 Å². The largest absolute Gasteiger partial charge is 0.378 e. The third-order valence-electron chi connectivity index (χ3n) is 3.56. The first-order valence-electron chi connectivity index (χ1n) is 7.95. The van der Waals surface area contributed by atoms with Gasteiger partial charge in [-0.1, -0.05) is 35.9 Å². The van der Waals surface area contributed by atoms with Crippen LogP contribution in [0.2, 0.25) is 0 Å². The lowest BCUT2D eigenvalue weighted by atomic mass is 10.2. The number of nitrogens with one attached hydrogen (secondary N) is 2. The van der Waals surface area contributed by atoms with Crippen LogP contribution >= 0.6 is 11.8 Å². The predicted octanol–water partition coefficient (Wildman–Crippen LogP) is 2.76. The highest BCUT2D eigenvalue weighted by molar-refractivity contribution is 7.99. The topological polar surface area (TPSA) is 61.4 Å². The molecule has 0 atom stereocenters. The van der Waals surface area contributed by atoms with Gasteiger partial charge in [0.25, 0.3) is 5.91 Å². The van der Waals surface area contributed by atoms with Crippen LogP contribution in [0.1, 0.15) is 21.5 Å². The third-order valence-corrected chi connectivity index (χ3v) is 4.57. The van der Waals surface area contributed by atoms with Crippen molar-refractivity contribution < 1.29 is 9.59 Å². The van der Waals surface area contributed by atoms with Crippen LogP contribution in [0.25, 0.3) is 0 Å². The number of nitrogens with zero attached hydrogens (tertiary/aromatic N) is 1. The number of carbonyl (C=O) groups is 2. The standard InChI is InChI=1S/C19H23N3O2S/c1-14-7-9-15(10-8-14)12-25-13-18(23)20-21-19(24)16-5-4-6-17(11-16)22(2)3/h4-11H,12-13H2,1-3H3,(H,20,23)(H,21,24). The quantitative estimate of drug-likeness (QED) is 0.781. The normalized spacial score (nSPS) is 10.2. The van der Waals surface area contributed by atoms with Crippen molar-refractivity contribution in [1.29, 1.82) is 0 Å². The molecule has 0 fully saturated rings. The molecule has 0 aliphatic heterocycles. The first-order chi connectivity index (χ1) is 12.0. The molecule has 25 heavy (non-hydrogen) atoms. The third kappa shape index (κ3) is 6.15. The van der Waals surface area contributed by atoms with Crippen molar-refractivity contribution >= 4 is 29.3 Å². The van der Waals surface area contributed by atoms with Crippen LogP contribution in [0, 0.1) is 6.92 Å². The van der Waals surface area contributed by atoms with Gasteiger partial charge in [-0.2, -0.15) is 0 Å². The van der Waals surface area contributed by atoms with Gasteiger partial charge in [-0.05, 0) is 30.7 Å². The van der Waals surface area contributed by atoms with Gasteiger partial charge in [0.15, 0.2) is 0 Å². The van der Waals surface area contributed by atoms with E-state index >= 15 is 0 Å². The summed E-state index contributed by atoms with van der Waals surface area (Å²) in [4.78, 5) is 25.9. The molecule has 0 saturated carbocycles. The number of anilines is 1. The van der Waals surface area contributed by atoms with Crippen molar-refractivity contribution in [3.63, 3.8) is 0 Å². The Morgan fingerprint density at radius 3 is 2.44 bits per heavy atom. The molecule has 0 bridgehead atoms. The van der Waals surface area contributed by atoms with Crippen molar-refractivity contribution in [3.05, 3.63) is 65.2 Å². The van der Waals surface area contributed by atoms with E-state index in [2.05, 4.69) is 35.1 Å². The van der Waals surface area contributed by atoms with Crippen LogP contribution in [0.15, 0.2) is 48.5 Å². The van der Waals surface area contributed by atoms with E-state index in [-0.39, 0.29) is 17.6 Å². The number of thioether (sulfide) groups is 1. The number of hydrazine groups is 1. The molecular formula is C19H23N3O2S. The smallest absolute Gasteiger partial charge is 0.269 e. The minimum absolute atomic E-state index is 0.228. The Bertz CT molecular complexity index is 730. The molecular weight excluding hydrogens is 334 g/mol. The maximum atomic E-state index is 12.1. The molecule has 2 amide bonds. The summed E-state index contributed by atoms with van der Waals surface area (Å²) in [6.07, 6.45) is 0. The summed E-state index contributed by atoms with van der Waals surface area (Å²) in [6.45, 7) is 2.04. The lowest BCUT2D eigenvalue weighted by molar-refractivity contribution is -0.119. The van der Waals surface area contributed by atoms with Crippen molar-refractivity contribution in [2.75, 3.05) is 24.7 Å². The molecule has 0 saturated heterocycles. The molecule has 2 aromatic rings. The summed E-state index contributed by atoms with van der Waals surface area (Å²) in [5, 5.41) is 0. The molecule has 0 aliphatic rings. The lowest BCUT2D eigenvalue weighted by Crippen LogP contribution is -2.42. The van der Waals surface area contributed by atoms with Gasteiger partial charge in [0.1, 0.15) is 0 Å². The Morgan fingerprint density at radius 1 is 1.04 bits per heavy atom. The van der Waals surface area contributed by atoms with Gasteiger partial charge in [0.2, 0.25) is 5.91 Å². The molecule has 6 heteroatoms. The van der Waals surface area contributed by atoms with E-state index < -0.39 is 0 Å². The first-order valence-corrected chi connectivity index (χ1v) is 9.11. The van der Waals surface area contributed by atoms with Crippen molar-refractivity contribution in [2.45, 2.75) is 12.7 Å². The fourth-order valence-electron chi connectivity index (χ4n) is 2.11. The highest BCUT2D eigenvalue weighted by Gasteiger charge is 2.08. The molecule has 0 heterocycles. The molecule has 5 nitrogen and oxygen atoms in total. The molecule has 0 aromatic heterocycles. The van der Waals surface area contributed by atoms with Gasteiger partial charge in [0.05, 0.1) is 5.75 Å². The SMILES string of the molecule is Cc1ccc(CSCC(=O)NNC(=O)c2cccc(N(C)C)c2)cc1. The van der Waals surface area contributed by atoms with E-state index in [0.29, 0.717) is 5.56 Å². The number of benzene rings is 2. The van der Waals surface area contributed by atoms with Crippen LogP contribution in [0.3, 0.4) is 0 Å². The Morgan fingerprint density at radius 2 is 1.76 bits per heavy atom. The molecule has 0 aliphatic carbocycles. The number of hydrogen-bond acceptors (Lipinski definition) is 4.